The maximum absolute atomic E-state index is 14.7. The van der Waals surface area contributed by atoms with Gasteiger partial charge in [0.1, 0.15) is 0 Å². The highest BCUT2D eigenvalue weighted by molar-refractivity contribution is 6.31. The second-order valence-corrected chi connectivity index (χ2v) is 7.26. The number of hydrogen-bond acceptors (Lipinski definition) is 1. The van der Waals surface area contributed by atoms with Crippen molar-refractivity contribution in [2.24, 2.45) is 0 Å². The average Bonchev–Trinajstić information content (AvgIpc) is 2.63. The third kappa shape index (κ3) is 2.78. The summed E-state index contributed by atoms with van der Waals surface area (Å²) in [5.74, 6) is -0.489. The van der Waals surface area contributed by atoms with Crippen LogP contribution in [0.15, 0.2) is 36.4 Å². The maximum Gasteiger partial charge on any atom is 0.325 e. The molecular weight excluding hydrogens is 339 g/mol. The first-order valence-corrected chi connectivity index (χ1v) is 9.06. The highest BCUT2D eigenvalue weighted by atomic mass is 35.5. The molecule has 5 heteroatoms. The molecule has 1 unspecified atom stereocenters. The number of rotatable bonds is 0. The van der Waals surface area contributed by atoms with Crippen molar-refractivity contribution in [1.29, 1.82) is 0 Å². The fraction of sp³-hybridized carbons (Fsp3) is 0.350. The maximum atomic E-state index is 14.7. The molecule has 130 valence electrons. The van der Waals surface area contributed by atoms with Crippen LogP contribution < -0.4 is 4.90 Å². The molecule has 0 N–H and O–H groups in total. The molecule has 4 rings (SSSR count). The highest BCUT2D eigenvalue weighted by Crippen LogP contribution is 2.35. The summed E-state index contributed by atoms with van der Waals surface area (Å²) >= 11 is 5.97. The van der Waals surface area contributed by atoms with E-state index in [2.05, 4.69) is 12.1 Å². The van der Waals surface area contributed by atoms with Gasteiger partial charge in [-0.05, 0) is 48.9 Å². The van der Waals surface area contributed by atoms with E-state index in [1.165, 1.54) is 5.56 Å². The van der Waals surface area contributed by atoms with E-state index >= 15 is 0 Å². The van der Waals surface area contributed by atoms with Crippen LogP contribution in [-0.2, 0) is 19.4 Å². The van der Waals surface area contributed by atoms with Gasteiger partial charge >= 0.3 is 6.03 Å². The molecule has 0 aliphatic carbocycles. The Hall–Kier alpha value is -2.07. The van der Waals surface area contributed by atoms with E-state index in [9.17, 15) is 9.18 Å². The molecule has 3 nitrogen and oxygen atoms in total. The second-order valence-electron chi connectivity index (χ2n) is 6.86. The number of carbonyl (C=O) groups is 1. The number of amides is 2. The number of hydrogen-bond donors (Lipinski definition) is 0. The topological polar surface area (TPSA) is 23.6 Å². The molecule has 0 spiro atoms. The van der Waals surface area contributed by atoms with Gasteiger partial charge in [0.15, 0.2) is 5.82 Å². The summed E-state index contributed by atoms with van der Waals surface area (Å²) in [6.45, 7) is 3.13. The summed E-state index contributed by atoms with van der Waals surface area (Å²) in [4.78, 5) is 16.7. The van der Waals surface area contributed by atoms with Crippen molar-refractivity contribution in [3.63, 3.8) is 0 Å². The number of nitrogens with zero attached hydrogens (tertiary/aromatic N) is 2. The largest absolute Gasteiger partial charge is 0.325 e. The monoisotopic (exact) mass is 358 g/mol. The Kier molecular flexibility index (Phi) is 4.16. The van der Waals surface area contributed by atoms with E-state index in [0.717, 1.165) is 30.4 Å². The van der Waals surface area contributed by atoms with Gasteiger partial charge in [-0.2, -0.15) is 0 Å². The highest BCUT2D eigenvalue weighted by Gasteiger charge is 2.34. The number of fused-ring (bicyclic) bond motifs is 2. The van der Waals surface area contributed by atoms with Gasteiger partial charge in [-0.15, -0.1) is 0 Å². The minimum absolute atomic E-state index is 0.0653. The van der Waals surface area contributed by atoms with Crippen molar-refractivity contribution >= 4 is 23.3 Å². The zero-order valence-electron chi connectivity index (χ0n) is 14.1. The van der Waals surface area contributed by atoms with Gasteiger partial charge in [0.05, 0.1) is 10.7 Å². The SMILES string of the molecule is CC1Cc2ccccc2CN1C(=O)N1CCCc2ccc(Cl)c(F)c21. The lowest BCUT2D eigenvalue weighted by molar-refractivity contribution is 0.175. The van der Waals surface area contributed by atoms with E-state index in [4.69, 9.17) is 11.6 Å². The van der Waals surface area contributed by atoms with Crippen LogP contribution in [-0.4, -0.2) is 23.5 Å². The Labute approximate surface area is 152 Å². The Bertz CT molecular complexity index is 838. The van der Waals surface area contributed by atoms with Crippen LogP contribution in [0.5, 0.6) is 0 Å². The first-order chi connectivity index (χ1) is 12.1. The third-order valence-electron chi connectivity index (χ3n) is 5.23. The van der Waals surface area contributed by atoms with Crippen molar-refractivity contribution in [3.8, 4) is 0 Å². The molecule has 1 atom stereocenters. The van der Waals surface area contributed by atoms with Crippen LogP contribution in [0.25, 0.3) is 0 Å². The number of carbonyl (C=O) groups excluding carboxylic acids is 1. The minimum Gasteiger partial charge on any atom is -0.317 e. The molecule has 2 aliphatic rings. The average molecular weight is 359 g/mol. The van der Waals surface area contributed by atoms with Crippen LogP contribution >= 0.6 is 11.6 Å². The molecule has 0 bridgehead atoms. The summed E-state index contributed by atoms with van der Waals surface area (Å²) in [6.07, 6.45) is 2.42. The molecule has 0 fully saturated rings. The van der Waals surface area contributed by atoms with Crippen molar-refractivity contribution in [2.75, 3.05) is 11.4 Å². The number of benzene rings is 2. The van der Waals surface area contributed by atoms with E-state index in [1.807, 2.05) is 30.0 Å². The predicted molar refractivity (Wildman–Crippen MR) is 97.6 cm³/mol. The summed E-state index contributed by atoms with van der Waals surface area (Å²) in [5.41, 5.74) is 3.66. The van der Waals surface area contributed by atoms with E-state index in [1.54, 1.807) is 11.0 Å². The van der Waals surface area contributed by atoms with Crippen LogP contribution in [0.1, 0.15) is 30.0 Å². The zero-order valence-corrected chi connectivity index (χ0v) is 14.9. The lowest BCUT2D eigenvalue weighted by Crippen LogP contribution is -2.51. The van der Waals surface area contributed by atoms with Crippen LogP contribution in [0.2, 0.25) is 5.02 Å². The van der Waals surface area contributed by atoms with Crippen molar-refractivity contribution in [2.45, 2.75) is 38.8 Å². The van der Waals surface area contributed by atoms with Crippen molar-refractivity contribution in [3.05, 3.63) is 63.9 Å². The van der Waals surface area contributed by atoms with Crippen LogP contribution in [0, 0.1) is 5.82 Å². The fourth-order valence-corrected chi connectivity index (χ4v) is 4.05. The van der Waals surface area contributed by atoms with Gasteiger partial charge in [-0.1, -0.05) is 41.9 Å². The normalized spacial score (nSPS) is 19.4. The summed E-state index contributed by atoms with van der Waals surface area (Å²) < 4.78 is 14.7. The van der Waals surface area contributed by atoms with Gasteiger partial charge in [0, 0.05) is 19.1 Å². The van der Waals surface area contributed by atoms with Gasteiger partial charge in [0.2, 0.25) is 0 Å². The van der Waals surface area contributed by atoms with Crippen molar-refractivity contribution in [1.82, 2.24) is 4.90 Å². The third-order valence-corrected chi connectivity index (χ3v) is 5.53. The van der Waals surface area contributed by atoms with E-state index < -0.39 is 5.82 Å². The minimum atomic E-state index is -0.489. The molecule has 2 heterocycles. The quantitative estimate of drug-likeness (QED) is 0.663. The number of aryl methyl sites for hydroxylation is 1. The predicted octanol–water partition coefficient (Wildman–Crippen LogP) is 4.80. The smallest absolute Gasteiger partial charge is 0.317 e. The second kappa shape index (κ2) is 6.34. The van der Waals surface area contributed by atoms with Gasteiger partial charge in [-0.25, -0.2) is 9.18 Å². The molecule has 25 heavy (non-hydrogen) atoms. The molecule has 0 radical (unpaired) electrons. The lowest BCUT2D eigenvalue weighted by Gasteiger charge is -2.40. The number of anilines is 1. The van der Waals surface area contributed by atoms with E-state index in [-0.39, 0.29) is 17.1 Å². The van der Waals surface area contributed by atoms with Gasteiger partial charge < -0.3 is 4.90 Å². The Balaban J connectivity index is 1.68. The lowest BCUT2D eigenvalue weighted by atomic mass is 9.95. The molecule has 0 aromatic heterocycles. The number of urea groups is 1. The summed E-state index contributed by atoms with van der Waals surface area (Å²) in [7, 11) is 0. The van der Waals surface area contributed by atoms with Crippen LogP contribution in [0.4, 0.5) is 14.9 Å². The molecule has 2 aliphatic heterocycles. The van der Waals surface area contributed by atoms with Gasteiger partial charge in [0.25, 0.3) is 0 Å². The molecule has 2 aromatic rings. The fourth-order valence-electron chi connectivity index (χ4n) is 3.89. The van der Waals surface area contributed by atoms with E-state index in [0.29, 0.717) is 18.8 Å². The zero-order chi connectivity index (χ0) is 17.6. The van der Waals surface area contributed by atoms with Crippen LogP contribution in [0.3, 0.4) is 0 Å². The summed E-state index contributed by atoms with van der Waals surface area (Å²) in [6, 6.07) is 11.5. The Morgan fingerprint density at radius 2 is 1.92 bits per heavy atom. The van der Waals surface area contributed by atoms with Crippen molar-refractivity contribution < 1.29 is 9.18 Å². The first kappa shape index (κ1) is 16.4. The molecule has 0 saturated carbocycles. The molecular formula is C20H20ClFN2O. The molecule has 2 aromatic carbocycles. The number of halogens is 2. The standard InChI is InChI=1S/C20H20ClFN2O/c1-13-11-15-5-2-3-6-16(15)12-24(13)20(25)23-10-4-7-14-8-9-17(21)18(22)19(14)23/h2-3,5-6,8-9,13H,4,7,10-12H2,1H3. The molecule has 2 amide bonds. The Morgan fingerprint density at radius 3 is 2.72 bits per heavy atom. The first-order valence-electron chi connectivity index (χ1n) is 8.68. The Morgan fingerprint density at radius 1 is 1.16 bits per heavy atom. The molecule has 0 saturated heterocycles. The summed E-state index contributed by atoms with van der Waals surface area (Å²) in [5, 5.41) is 0.0653. The van der Waals surface area contributed by atoms with Gasteiger partial charge in [-0.3, -0.25) is 4.90 Å².